The summed E-state index contributed by atoms with van der Waals surface area (Å²) in [6, 6.07) is 3.55. The van der Waals surface area contributed by atoms with Gasteiger partial charge in [-0.1, -0.05) is 13.0 Å². The van der Waals surface area contributed by atoms with E-state index in [4.69, 9.17) is 5.11 Å². The second-order valence-electron chi connectivity index (χ2n) is 5.54. The number of hydrogen-bond donors (Lipinski definition) is 2. The van der Waals surface area contributed by atoms with Crippen molar-refractivity contribution in [3.05, 3.63) is 35.7 Å². The number of pyridine rings is 1. The summed E-state index contributed by atoms with van der Waals surface area (Å²) in [4.78, 5) is 27.0. The molecule has 1 aliphatic rings. The SMILES string of the molecule is CC1CCC(NC(=O)c2ncccc2/C=C/C(=O)O)CC1. The van der Waals surface area contributed by atoms with Crippen LogP contribution in [0.4, 0.5) is 0 Å². The summed E-state index contributed by atoms with van der Waals surface area (Å²) in [5, 5.41) is 11.7. The van der Waals surface area contributed by atoms with Crippen molar-refractivity contribution >= 4 is 18.0 Å². The predicted molar refractivity (Wildman–Crippen MR) is 79.8 cm³/mol. The number of carboxylic acids is 1. The molecule has 0 aliphatic heterocycles. The molecular formula is C16H20N2O3. The largest absolute Gasteiger partial charge is 0.478 e. The molecule has 0 unspecified atom stereocenters. The number of carbonyl (C=O) groups excluding carboxylic acids is 1. The standard InChI is InChI=1S/C16H20N2O3/c1-11-4-7-13(8-5-11)18-16(21)15-12(3-2-10-17-15)6-9-14(19)20/h2-3,6,9-11,13H,4-5,7-8H2,1H3,(H,18,21)(H,19,20)/b9-6+. The molecule has 1 saturated carbocycles. The Morgan fingerprint density at radius 3 is 2.71 bits per heavy atom. The molecule has 1 aromatic heterocycles. The summed E-state index contributed by atoms with van der Waals surface area (Å²) in [7, 11) is 0. The third-order valence-corrected chi connectivity index (χ3v) is 3.81. The van der Waals surface area contributed by atoms with Crippen LogP contribution in [0.15, 0.2) is 24.4 Å². The monoisotopic (exact) mass is 288 g/mol. The summed E-state index contributed by atoms with van der Waals surface area (Å²) >= 11 is 0. The van der Waals surface area contributed by atoms with Crippen LogP contribution in [0.5, 0.6) is 0 Å². The van der Waals surface area contributed by atoms with Gasteiger partial charge in [0.1, 0.15) is 5.69 Å². The highest BCUT2D eigenvalue weighted by Crippen LogP contribution is 2.23. The number of nitrogens with zero attached hydrogens (tertiary/aromatic N) is 1. The average Bonchev–Trinajstić information content (AvgIpc) is 2.47. The van der Waals surface area contributed by atoms with Crippen LogP contribution >= 0.6 is 0 Å². The maximum Gasteiger partial charge on any atom is 0.328 e. The van der Waals surface area contributed by atoms with Gasteiger partial charge < -0.3 is 10.4 Å². The summed E-state index contributed by atoms with van der Waals surface area (Å²) < 4.78 is 0. The molecule has 112 valence electrons. The van der Waals surface area contributed by atoms with Gasteiger partial charge in [-0.25, -0.2) is 4.79 Å². The number of aliphatic carboxylic acids is 1. The second-order valence-corrected chi connectivity index (χ2v) is 5.54. The van der Waals surface area contributed by atoms with Crippen LogP contribution < -0.4 is 5.32 Å². The third-order valence-electron chi connectivity index (χ3n) is 3.81. The van der Waals surface area contributed by atoms with E-state index in [-0.39, 0.29) is 17.6 Å². The van der Waals surface area contributed by atoms with E-state index in [1.807, 2.05) is 0 Å². The minimum Gasteiger partial charge on any atom is -0.478 e. The van der Waals surface area contributed by atoms with Gasteiger partial charge in [-0.15, -0.1) is 0 Å². The molecule has 2 N–H and O–H groups in total. The molecule has 21 heavy (non-hydrogen) atoms. The number of carbonyl (C=O) groups is 2. The first-order valence-electron chi connectivity index (χ1n) is 7.23. The highest BCUT2D eigenvalue weighted by atomic mass is 16.4. The maximum atomic E-state index is 12.3. The van der Waals surface area contributed by atoms with Gasteiger partial charge in [0.05, 0.1) is 0 Å². The Bertz CT molecular complexity index is 546. The summed E-state index contributed by atoms with van der Waals surface area (Å²) in [6.45, 7) is 2.23. The Balaban J connectivity index is 2.07. The first kappa shape index (κ1) is 15.2. The molecule has 1 fully saturated rings. The first-order chi connectivity index (χ1) is 10.1. The Morgan fingerprint density at radius 2 is 2.05 bits per heavy atom. The number of carboxylic acid groups (broad SMARTS) is 1. The Hall–Kier alpha value is -2.17. The molecule has 5 nitrogen and oxygen atoms in total. The molecule has 0 atom stereocenters. The zero-order valence-electron chi connectivity index (χ0n) is 12.1. The average molecular weight is 288 g/mol. The molecule has 0 bridgehead atoms. The maximum absolute atomic E-state index is 12.3. The van der Waals surface area contributed by atoms with Gasteiger partial charge in [-0.3, -0.25) is 9.78 Å². The summed E-state index contributed by atoms with van der Waals surface area (Å²) in [6.07, 6.45) is 8.16. The van der Waals surface area contributed by atoms with Crippen LogP contribution in [-0.2, 0) is 4.79 Å². The Kier molecular flexibility index (Phi) is 5.09. The molecule has 1 aliphatic carbocycles. The molecule has 0 radical (unpaired) electrons. The molecule has 0 aromatic carbocycles. The zero-order valence-corrected chi connectivity index (χ0v) is 12.1. The van der Waals surface area contributed by atoms with E-state index in [0.717, 1.165) is 37.7 Å². The smallest absolute Gasteiger partial charge is 0.328 e. The molecular weight excluding hydrogens is 268 g/mol. The number of nitrogens with one attached hydrogen (secondary N) is 1. The van der Waals surface area contributed by atoms with Gasteiger partial charge in [-0.05, 0) is 43.7 Å². The van der Waals surface area contributed by atoms with Gasteiger partial charge in [0.2, 0.25) is 0 Å². The van der Waals surface area contributed by atoms with E-state index in [1.165, 1.54) is 12.3 Å². The van der Waals surface area contributed by atoms with E-state index in [2.05, 4.69) is 17.2 Å². The number of rotatable bonds is 4. The van der Waals surface area contributed by atoms with Gasteiger partial charge in [0.25, 0.3) is 5.91 Å². The summed E-state index contributed by atoms with van der Waals surface area (Å²) in [5.74, 6) is -0.561. The molecule has 1 aromatic rings. The first-order valence-corrected chi connectivity index (χ1v) is 7.23. The van der Waals surface area contributed by atoms with Crippen LogP contribution in [0.1, 0.15) is 48.7 Å². The Labute approximate surface area is 124 Å². The highest BCUT2D eigenvalue weighted by Gasteiger charge is 2.21. The molecule has 0 spiro atoms. The van der Waals surface area contributed by atoms with Crippen LogP contribution in [0, 0.1) is 5.92 Å². The van der Waals surface area contributed by atoms with Gasteiger partial charge in [-0.2, -0.15) is 0 Å². The van der Waals surface area contributed by atoms with E-state index in [9.17, 15) is 9.59 Å². The molecule has 0 saturated heterocycles. The van der Waals surface area contributed by atoms with Crippen LogP contribution in [-0.4, -0.2) is 28.0 Å². The number of amides is 1. The minimum absolute atomic E-state index is 0.187. The second kappa shape index (κ2) is 7.02. The lowest BCUT2D eigenvalue weighted by atomic mass is 9.87. The lowest BCUT2D eigenvalue weighted by molar-refractivity contribution is -0.131. The van der Waals surface area contributed by atoms with Gasteiger partial charge in [0, 0.05) is 23.9 Å². The highest BCUT2D eigenvalue weighted by molar-refractivity contribution is 5.97. The van der Waals surface area contributed by atoms with Crippen molar-refractivity contribution in [2.24, 2.45) is 5.92 Å². The van der Waals surface area contributed by atoms with E-state index >= 15 is 0 Å². The molecule has 1 heterocycles. The fourth-order valence-corrected chi connectivity index (χ4v) is 2.56. The molecule has 1 amide bonds. The van der Waals surface area contributed by atoms with Crippen LogP contribution in [0.3, 0.4) is 0 Å². The van der Waals surface area contributed by atoms with Crippen molar-refractivity contribution in [1.29, 1.82) is 0 Å². The van der Waals surface area contributed by atoms with Crippen molar-refractivity contribution in [3.63, 3.8) is 0 Å². The number of hydrogen-bond acceptors (Lipinski definition) is 3. The molecule has 2 rings (SSSR count). The fourth-order valence-electron chi connectivity index (χ4n) is 2.56. The quantitative estimate of drug-likeness (QED) is 0.834. The van der Waals surface area contributed by atoms with E-state index in [0.29, 0.717) is 5.56 Å². The fraction of sp³-hybridized carbons (Fsp3) is 0.438. The van der Waals surface area contributed by atoms with Crippen molar-refractivity contribution in [1.82, 2.24) is 10.3 Å². The van der Waals surface area contributed by atoms with Gasteiger partial charge in [0.15, 0.2) is 0 Å². The topological polar surface area (TPSA) is 79.3 Å². The lowest BCUT2D eigenvalue weighted by Gasteiger charge is -2.26. The third kappa shape index (κ3) is 4.41. The Morgan fingerprint density at radius 1 is 1.33 bits per heavy atom. The van der Waals surface area contributed by atoms with Crippen molar-refractivity contribution in [2.45, 2.75) is 38.6 Å². The molecule has 5 heteroatoms. The normalized spacial score (nSPS) is 22.1. The minimum atomic E-state index is -1.05. The lowest BCUT2D eigenvalue weighted by Crippen LogP contribution is -2.38. The van der Waals surface area contributed by atoms with E-state index in [1.54, 1.807) is 12.1 Å². The van der Waals surface area contributed by atoms with Gasteiger partial charge >= 0.3 is 5.97 Å². The van der Waals surface area contributed by atoms with Crippen molar-refractivity contribution < 1.29 is 14.7 Å². The van der Waals surface area contributed by atoms with Crippen molar-refractivity contribution in [3.8, 4) is 0 Å². The van der Waals surface area contributed by atoms with Crippen molar-refractivity contribution in [2.75, 3.05) is 0 Å². The summed E-state index contributed by atoms with van der Waals surface area (Å²) in [5.41, 5.74) is 0.787. The van der Waals surface area contributed by atoms with Crippen LogP contribution in [0.25, 0.3) is 6.08 Å². The van der Waals surface area contributed by atoms with E-state index < -0.39 is 5.97 Å². The predicted octanol–water partition coefficient (Wildman–Crippen LogP) is 2.49. The number of aromatic nitrogens is 1. The van der Waals surface area contributed by atoms with Crippen LogP contribution in [0.2, 0.25) is 0 Å². The zero-order chi connectivity index (χ0) is 15.2.